The molecule has 0 saturated heterocycles. The zero-order valence-corrected chi connectivity index (χ0v) is 12.9. The summed E-state index contributed by atoms with van der Waals surface area (Å²) >= 11 is 1.33. The summed E-state index contributed by atoms with van der Waals surface area (Å²) in [5, 5.41) is 11.3. The molecule has 2 heterocycles. The normalized spacial score (nSPS) is 13.3. The van der Waals surface area contributed by atoms with Gasteiger partial charge in [0, 0.05) is 12.6 Å². The SMILES string of the molecule is Cc1nnc(SCC(=O)c2ccc3c(c2)NC(=O)CO3)n1C. The summed E-state index contributed by atoms with van der Waals surface area (Å²) in [6.07, 6.45) is 0. The number of fused-ring (bicyclic) bond motifs is 1. The average molecular weight is 318 g/mol. The van der Waals surface area contributed by atoms with Crippen LogP contribution in [0.3, 0.4) is 0 Å². The predicted octanol–water partition coefficient (Wildman–Crippen LogP) is 1.43. The first-order chi connectivity index (χ1) is 10.5. The highest BCUT2D eigenvalue weighted by Crippen LogP contribution is 2.29. The van der Waals surface area contributed by atoms with E-state index in [2.05, 4.69) is 15.5 Å². The molecule has 1 aromatic carbocycles. The van der Waals surface area contributed by atoms with Crippen molar-refractivity contribution < 1.29 is 14.3 Å². The molecule has 0 spiro atoms. The number of aromatic nitrogens is 3. The molecule has 1 N–H and O–H groups in total. The minimum atomic E-state index is -0.221. The molecule has 0 fully saturated rings. The molecule has 0 saturated carbocycles. The molecule has 22 heavy (non-hydrogen) atoms. The fourth-order valence-corrected chi connectivity index (χ4v) is 2.83. The number of carbonyl (C=O) groups excluding carboxylic acids is 2. The summed E-state index contributed by atoms with van der Waals surface area (Å²) in [6.45, 7) is 1.85. The number of nitrogens with zero attached hydrogens (tertiary/aromatic N) is 3. The molecule has 1 aliphatic heterocycles. The number of carbonyl (C=O) groups is 2. The molecule has 0 radical (unpaired) electrons. The maximum atomic E-state index is 12.3. The largest absolute Gasteiger partial charge is 0.482 e. The number of ether oxygens (including phenoxy) is 1. The van der Waals surface area contributed by atoms with Gasteiger partial charge in [-0.15, -0.1) is 10.2 Å². The summed E-state index contributed by atoms with van der Waals surface area (Å²) in [4.78, 5) is 23.6. The molecule has 1 aromatic heterocycles. The van der Waals surface area contributed by atoms with Crippen LogP contribution >= 0.6 is 11.8 Å². The van der Waals surface area contributed by atoms with E-state index in [1.165, 1.54) is 11.8 Å². The van der Waals surface area contributed by atoms with Gasteiger partial charge in [-0.2, -0.15) is 0 Å². The lowest BCUT2D eigenvalue weighted by Crippen LogP contribution is -2.25. The van der Waals surface area contributed by atoms with Crippen LogP contribution in [-0.4, -0.2) is 38.8 Å². The first kappa shape index (κ1) is 14.6. The van der Waals surface area contributed by atoms with Crippen LogP contribution < -0.4 is 10.1 Å². The van der Waals surface area contributed by atoms with Gasteiger partial charge in [0.1, 0.15) is 11.6 Å². The number of nitrogens with one attached hydrogen (secondary N) is 1. The van der Waals surface area contributed by atoms with Gasteiger partial charge < -0.3 is 14.6 Å². The minimum absolute atomic E-state index is 0.00164. The summed E-state index contributed by atoms with van der Waals surface area (Å²) in [5.41, 5.74) is 1.05. The van der Waals surface area contributed by atoms with Crippen molar-refractivity contribution in [2.75, 3.05) is 17.7 Å². The quantitative estimate of drug-likeness (QED) is 0.678. The van der Waals surface area contributed by atoms with Gasteiger partial charge in [0.25, 0.3) is 5.91 Å². The zero-order chi connectivity index (χ0) is 15.7. The minimum Gasteiger partial charge on any atom is -0.482 e. The lowest BCUT2D eigenvalue weighted by molar-refractivity contribution is -0.118. The second-order valence-corrected chi connectivity index (χ2v) is 5.79. The lowest BCUT2D eigenvalue weighted by Gasteiger charge is -2.18. The molecular formula is C14H14N4O3S. The molecule has 8 heteroatoms. The number of anilines is 1. The van der Waals surface area contributed by atoms with Gasteiger partial charge in [-0.1, -0.05) is 11.8 Å². The number of amides is 1. The van der Waals surface area contributed by atoms with Gasteiger partial charge in [0.2, 0.25) is 0 Å². The molecule has 1 aliphatic rings. The molecule has 7 nitrogen and oxygen atoms in total. The van der Waals surface area contributed by atoms with Crippen LogP contribution in [0.15, 0.2) is 23.4 Å². The number of hydrogen-bond donors (Lipinski definition) is 1. The monoisotopic (exact) mass is 318 g/mol. The Kier molecular flexibility index (Phi) is 3.84. The van der Waals surface area contributed by atoms with Gasteiger partial charge in [-0.05, 0) is 25.1 Å². The van der Waals surface area contributed by atoms with Crippen molar-refractivity contribution in [1.29, 1.82) is 0 Å². The van der Waals surface area contributed by atoms with E-state index < -0.39 is 0 Å². The molecule has 1 amide bonds. The zero-order valence-electron chi connectivity index (χ0n) is 12.1. The number of hydrogen-bond acceptors (Lipinski definition) is 6. The standard InChI is InChI=1S/C14H14N4O3S/c1-8-16-17-14(18(8)2)22-7-11(19)9-3-4-12-10(5-9)15-13(20)6-21-12/h3-5H,6-7H2,1-2H3,(H,15,20). The maximum Gasteiger partial charge on any atom is 0.262 e. The van der Waals surface area contributed by atoms with Crippen molar-refractivity contribution in [3.63, 3.8) is 0 Å². The summed E-state index contributed by atoms with van der Waals surface area (Å²) in [7, 11) is 1.86. The van der Waals surface area contributed by atoms with Crippen molar-refractivity contribution in [1.82, 2.24) is 14.8 Å². The van der Waals surface area contributed by atoms with E-state index in [9.17, 15) is 9.59 Å². The molecule has 114 valence electrons. The third-order valence-electron chi connectivity index (χ3n) is 3.32. The number of ketones is 1. The molecule has 0 unspecified atom stereocenters. The molecule has 3 rings (SSSR count). The van der Waals surface area contributed by atoms with Gasteiger partial charge in [-0.25, -0.2) is 0 Å². The van der Waals surface area contributed by atoms with Gasteiger partial charge in [0.15, 0.2) is 17.5 Å². The summed E-state index contributed by atoms with van der Waals surface area (Å²) in [5.74, 6) is 1.35. The number of thioether (sulfide) groups is 1. The van der Waals surface area contributed by atoms with Crippen molar-refractivity contribution >= 4 is 29.1 Å². The van der Waals surface area contributed by atoms with E-state index in [-0.39, 0.29) is 24.1 Å². The Labute approximate surface area is 131 Å². The predicted molar refractivity (Wildman–Crippen MR) is 81.4 cm³/mol. The lowest BCUT2D eigenvalue weighted by atomic mass is 10.1. The third-order valence-corrected chi connectivity index (χ3v) is 4.34. The van der Waals surface area contributed by atoms with Crippen LogP contribution in [0.5, 0.6) is 5.75 Å². The topological polar surface area (TPSA) is 86.1 Å². The van der Waals surface area contributed by atoms with Crippen LogP contribution in [0.4, 0.5) is 5.69 Å². The van der Waals surface area contributed by atoms with Crippen LogP contribution in [0, 0.1) is 6.92 Å². The smallest absolute Gasteiger partial charge is 0.262 e. The Morgan fingerprint density at radius 1 is 1.45 bits per heavy atom. The first-order valence-corrected chi connectivity index (χ1v) is 7.62. The molecule has 0 aliphatic carbocycles. The van der Waals surface area contributed by atoms with Crippen molar-refractivity contribution in [3.05, 3.63) is 29.6 Å². The van der Waals surface area contributed by atoms with E-state index in [0.717, 1.165) is 5.82 Å². The van der Waals surface area contributed by atoms with E-state index in [1.807, 2.05) is 18.5 Å². The van der Waals surface area contributed by atoms with Gasteiger partial charge in [0.05, 0.1) is 11.4 Å². The second-order valence-electron chi connectivity index (χ2n) is 4.85. The van der Waals surface area contributed by atoms with Gasteiger partial charge in [-0.3, -0.25) is 9.59 Å². The van der Waals surface area contributed by atoms with Crippen molar-refractivity contribution in [2.45, 2.75) is 12.1 Å². The van der Waals surface area contributed by atoms with Crippen molar-refractivity contribution in [2.24, 2.45) is 7.05 Å². The van der Waals surface area contributed by atoms with Crippen LogP contribution in [0.1, 0.15) is 16.2 Å². The van der Waals surface area contributed by atoms with Crippen LogP contribution in [-0.2, 0) is 11.8 Å². The fraction of sp³-hybridized carbons (Fsp3) is 0.286. The Morgan fingerprint density at radius 3 is 3.00 bits per heavy atom. The number of rotatable bonds is 4. The number of aryl methyl sites for hydroxylation is 1. The van der Waals surface area contributed by atoms with Crippen molar-refractivity contribution in [3.8, 4) is 5.75 Å². The molecule has 0 atom stereocenters. The highest BCUT2D eigenvalue weighted by molar-refractivity contribution is 7.99. The maximum absolute atomic E-state index is 12.3. The average Bonchev–Trinajstić information content (AvgIpc) is 2.83. The first-order valence-electron chi connectivity index (χ1n) is 6.63. The summed E-state index contributed by atoms with van der Waals surface area (Å²) in [6, 6.07) is 5.03. The summed E-state index contributed by atoms with van der Waals surface area (Å²) < 4.78 is 7.10. The van der Waals surface area contributed by atoms with E-state index >= 15 is 0 Å². The molecule has 2 aromatic rings. The Balaban J connectivity index is 1.71. The van der Waals surface area contributed by atoms with Crippen LogP contribution in [0.2, 0.25) is 0 Å². The third kappa shape index (κ3) is 2.82. The number of benzene rings is 1. The fourth-order valence-electron chi connectivity index (χ4n) is 1.98. The van der Waals surface area contributed by atoms with Crippen LogP contribution in [0.25, 0.3) is 0 Å². The Bertz CT molecular complexity index is 757. The Hall–Kier alpha value is -2.35. The van der Waals surface area contributed by atoms with Gasteiger partial charge >= 0.3 is 0 Å². The second kappa shape index (κ2) is 5.80. The molecular weight excluding hydrogens is 304 g/mol. The highest BCUT2D eigenvalue weighted by Gasteiger charge is 2.18. The number of Topliss-reactive ketones (excluding diaryl/α,β-unsaturated/α-hetero) is 1. The highest BCUT2D eigenvalue weighted by atomic mass is 32.2. The van der Waals surface area contributed by atoms with E-state index in [0.29, 0.717) is 22.2 Å². The molecule has 0 bridgehead atoms. The van der Waals surface area contributed by atoms with E-state index in [1.54, 1.807) is 18.2 Å². The van der Waals surface area contributed by atoms with E-state index in [4.69, 9.17) is 4.74 Å². The Morgan fingerprint density at radius 2 is 2.27 bits per heavy atom.